The molecule has 0 spiro atoms. The average molecular weight is 279 g/mol. The van der Waals surface area contributed by atoms with E-state index in [2.05, 4.69) is 5.32 Å². The van der Waals surface area contributed by atoms with Crippen LogP contribution in [-0.4, -0.2) is 35.2 Å². The van der Waals surface area contributed by atoms with Crippen LogP contribution < -0.4 is 5.32 Å². The van der Waals surface area contributed by atoms with Crippen molar-refractivity contribution in [1.82, 2.24) is 5.32 Å². The molecule has 1 amide bonds. The van der Waals surface area contributed by atoms with Crippen molar-refractivity contribution in [3.8, 4) is 0 Å². The minimum absolute atomic E-state index is 0.151. The highest BCUT2D eigenvalue weighted by molar-refractivity contribution is 5.84. The van der Waals surface area contributed by atoms with Gasteiger partial charge in [-0.2, -0.15) is 0 Å². The number of amides is 1. The maximum absolute atomic E-state index is 11.7. The average Bonchev–Trinajstić information content (AvgIpc) is 2.36. The SMILES string of the molecule is CC(C)(C)OCC(=O)NC(Cc1ccccc1)C(=O)O. The summed E-state index contributed by atoms with van der Waals surface area (Å²) in [5.74, 6) is -1.48. The summed E-state index contributed by atoms with van der Waals surface area (Å²) >= 11 is 0. The Morgan fingerprint density at radius 1 is 1.25 bits per heavy atom. The molecule has 0 saturated carbocycles. The molecule has 0 fully saturated rings. The van der Waals surface area contributed by atoms with Gasteiger partial charge in [0.15, 0.2) is 0 Å². The molecule has 1 unspecified atom stereocenters. The Bertz CT molecular complexity index is 451. The molecule has 0 aliphatic heterocycles. The summed E-state index contributed by atoms with van der Waals surface area (Å²) in [7, 11) is 0. The number of carboxylic acid groups (broad SMARTS) is 1. The number of rotatable bonds is 6. The van der Waals surface area contributed by atoms with Gasteiger partial charge in [-0.1, -0.05) is 30.3 Å². The summed E-state index contributed by atoms with van der Waals surface area (Å²) in [6, 6.07) is 8.22. The van der Waals surface area contributed by atoms with Crippen LogP contribution in [0.5, 0.6) is 0 Å². The molecule has 1 atom stereocenters. The number of aliphatic carboxylic acids is 1. The fourth-order valence-electron chi connectivity index (χ4n) is 1.57. The second-order valence-corrected chi connectivity index (χ2v) is 5.55. The van der Waals surface area contributed by atoms with Gasteiger partial charge in [-0.15, -0.1) is 0 Å². The van der Waals surface area contributed by atoms with Crippen LogP contribution in [0.2, 0.25) is 0 Å². The van der Waals surface area contributed by atoms with Gasteiger partial charge in [0.2, 0.25) is 5.91 Å². The predicted molar refractivity (Wildman–Crippen MR) is 75.4 cm³/mol. The van der Waals surface area contributed by atoms with Crippen LogP contribution >= 0.6 is 0 Å². The maximum Gasteiger partial charge on any atom is 0.326 e. The highest BCUT2D eigenvalue weighted by Gasteiger charge is 2.21. The number of ether oxygens (including phenoxy) is 1. The topological polar surface area (TPSA) is 75.6 Å². The van der Waals surface area contributed by atoms with Crippen molar-refractivity contribution in [3.63, 3.8) is 0 Å². The van der Waals surface area contributed by atoms with E-state index < -0.39 is 23.5 Å². The number of carbonyl (C=O) groups is 2. The molecule has 5 heteroatoms. The lowest BCUT2D eigenvalue weighted by atomic mass is 10.1. The first kappa shape index (κ1) is 16.2. The summed E-state index contributed by atoms with van der Waals surface area (Å²) in [6.07, 6.45) is 0.247. The van der Waals surface area contributed by atoms with Gasteiger partial charge in [-0.25, -0.2) is 4.79 Å². The third-order valence-electron chi connectivity index (χ3n) is 2.55. The minimum atomic E-state index is -1.06. The number of nitrogens with one attached hydrogen (secondary N) is 1. The first-order chi connectivity index (χ1) is 9.28. The monoisotopic (exact) mass is 279 g/mol. The van der Waals surface area contributed by atoms with Crippen LogP contribution in [0.4, 0.5) is 0 Å². The number of benzene rings is 1. The zero-order valence-corrected chi connectivity index (χ0v) is 12.1. The van der Waals surface area contributed by atoms with Crippen LogP contribution in [0.3, 0.4) is 0 Å². The molecule has 1 aromatic carbocycles. The van der Waals surface area contributed by atoms with Crippen molar-refractivity contribution in [2.75, 3.05) is 6.61 Å². The molecule has 0 aromatic heterocycles. The van der Waals surface area contributed by atoms with Crippen LogP contribution in [-0.2, 0) is 20.7 Å². The number of carbonyl (C=O) groups excluding carboxylic acids is 1. The van der Waals surface area contributed by atoms with Crippen molar-refractivity contribution >= 4 is 11.9 Å². The zero-order valence-electron chi connectivity index (χ0n) is 12.1. The van der Waals surface area contributed by atoms with E-state index in [-0.39, 0.29) is 13.0 Å². The van der Waals surface area contributed by atoms with Gasteiger partial charge in [0.05, 0.1) is 5.60 Å². The Kier molecular flexibility index (Phi) is 5.70. The minimum Gasteiger partial charge on any atom is -0.480 e. The van der Waals surface area contributed by atoms with E-state index in [1.165, 1.54) is 0 Å². The fraction of sp³-hybridized carbons (Fsp3) is 0.467. The highest BCUT2D eigenvalue weighted by Crippen LogP contribution is 2.06. The standard InChI is InChI=1S/C15H21NO4/c1-15(2,3)20-10-13(17)16-12(14(18)19)9-11-7-5-4-6-8-11/h4-8,12H,9-10H2,1-3H3,(H,16,17)(H,18,19). The first-order valence-electron chi connectivity index (χ1n) is 6.48. The molecule has 1 aromatic rings. The van der Waals surface area contributed by atoms with E-state index in [1.54, 1.807) is 0 Å². The third kappa shape index (κ3) is 6.33. The van der Waals surface area contributed by atoms with Crippen molar-refractivity contribution < 1.29 is 19.4 Å². The molecule has 0 saturated heterocycles. The van der Waals surface area contributed by atoms with E-state index in [0.717, 1.165) is 5.56 Å². The largest absolute Gasteiger partial charge is 0.480 e. The van der Waals surface area contributed by atoms with Crippen molar-refractivity contribution in [1.29, 1.82) is 0 Å². The van der Waals surface area contributed by atoms with Crippen LogP contribution in [0.15, 0.2) is 30.3 Å². The van der Waals surface area contributed by atoms with Crippen molar-refractivity contribution in [2.24, 2.45) is 0 Å². The summed E-state index contributed by atoms with van der Waals surface area (Å²) in [6.45, 7) is 5.35. The van der Waals surface area contributed by atoms with E-state index >= 15 is 0 Å². The van der Waals surface area contributed by atoms with E-state index in [1.807, 2.05) is 51.1 Å². The van der Waals surface area contributed by atoms with Gasteiger partial charge in [0, 0.05) is 6.42 Å². The van der Waals surface area contributed by atoms with Crippen molar-refractivity contribution in [3.05, 3.63) is 35.9 Å². The molecular weight excluding hydrogens is 258 g/mol. The van der Waals surface area contributed by atoms with Crippen LogP contribution in [0.25, 0.3) is 0 Å². The maximum atomic E-state index is 11.7. The quantitative estimate of drug-likeness (QED) is 0.829. The zero-order chi connectivity index (χ0) is 15.2. The van der Waals surface area contributed by atoms with Gasteiger partial charge in [0.1, 0.15) is 12.6 Å². The Morgan fingerprint density at radius 3 is 2.35 bits per heavy atom. The molecule has 0 aliphatic carbocycles. The van der Waals surface area contributed by atoms with Gasteiger partial charge in [-0.05, 0) is 26.3 Å². The van der Waals surface area contributed by atoms with Crippen LogP contribution in [0.1, 0.15) is 26.3 Å². The lowest BCUT2D eigenvalue weighted by Gasteiger charge is -2.20. The van der Waals surface area contributed by atoms with Crippen molar-refractivity contribution in [2.45, 2.75) is 38.8 Å². The second-order valence-electron chi connectivity index (χ2n) is 5.55. The highest BCUT2D eigenvalue weighted by atomic mass is 16.5. The summed E-state index contributed by atoms with van der Waals surface area (Å²) < 4.78 is 5.32. The Morgan fingerprint density at radius 2 is 1.85 bits per heavy atom. The van der Waals surface area contributed by atoms with Gasteiger partial charge >= 0.3 is 5.97 Å². The predicted octanol–water partition coefficient (Wildman–Crippen LogP) is 1.61. The molecule has 0 bridgehead atoms. The van der Waals surface area contributed by atoms with E-state index in [0.29, 0.717) is 0 Å². The molecule has 0 radical (unpaired) electrons. The number of hydrogen-bond donors (Lipinski definition) is 2. The molecule has 5 nitrogen and oxygen atoms in total. The lowest BCUT2D eigenvalue weighted by molar-refractivity contribution is -0.143. The smallest absolute Gasteiger partial charge is 0.326 e. The normalized spacial score (nSPS) is 12.8. The summed E-state index contributed by atoms with van der Waals surface area (Å²) in [5, 5.41) is 11.6. The van der Waals surface area contributed by atoms with Crippen LogP contribution in [0, 0.1) is 0 Å². The Labute approximate surface area is 118 Å². The molecule has 20 heavy (non-hydrogen) atoms. The summed E-state index contributed by atoms with van der Waals surface area (Å²) in [5.41, 5.74) is 0.423. The lowest BCUT2D eigenvalue weighted by Crippen LogP contribution is -2.44. The molecule has 2 N–H and O–H groups in total. The Hall–Kier alpha value is -1.88. The third-order valence-corrected chi connectivity index (χ3v) is 2.55. The molecule has 0 heterocycles. The van der Waals surface area contributed by atoms with Gasteiger partial charge in [0.25, 0.3) is 0 Å². The molecule has 1 rings (SSSR count). The number of hydrogen-bond acceptors (Lipinski definition) is 3. The van der Waals surface area contributed by atoms with Gasteiger partial charge in [-0.3, -0.25) is 4.79 Å². The molecule has 0 aliphatic rings. The second kappa shape index (κ2) is 7.05. The number of carboxylic acids is 1. The molecular formula is C15H21NO4. The van der Waals surface area contributed by atoms with E-state index in [9.17, 15) is 9.59 Å². The fourth-order valence-corrected chi connectivity index (χ4v) is 1.57. The molecule has 110 valence electrons. The van der Waals surface area contributed by atoms with Gasteiger partial charge < -0.3 is 15.2 Å². The summed E-state index contributed by atoms with van der Waals surface area (Å²) in [4.78, 5) is 22.9. The first-order valence-corrected chi connectivity index (χ1v) is 6.48. The van der Waals surface area contributed by atoms with E-state index in [4.69, 9.17) is 9.84 Å². The Balaban J connectivity index is 2.55.